The largest absolute Gasteiger partial charge is 0.192 e. The number of allylic oxidation sites excluding steroid dienone is 4. The van der Waals surface area contributed by atoms with Crippen LogP contribution in [0.25, 0.3) is 0 Å². The van der Waals surface area contributed by atoms with E-state index in [1.54, 1.807) is 0 Å². The summed E-state index contributed by atoms with van der Waals surface area (Å²) in [4.78, 5) is 0. The summed E-state index contributed by atoms with van der Waals surface area (Å²) in [6, 6.07) is 2.22. The zero-order valence-electron chi connectivity index (χ0n) is 8.67. The molecule has 0 spiro atoms. The van der Waals surface area contributed by atoms with Crippen molar-refractivity contribution < 1.29 is 0 Å². The Morgan fingerprint density at radius 1 is 1.62 bits per heavy atom. The Hall–Kier alpha value is -1.03. The highest BCUT2D eigenvalue weighted by atomic mass is 14.3. The SMILES string of the molecule is CC(C)CC1=CC(C#N)=CC(C)C1. The summed E-state index contributed by atoms with van der Waals surface area (Å²) in [5.74, 6) is 1.23. The first-order chi connectivity index (χ1) is 6.11. The van der Waals surface area contributed by atoms with Gasteiger partial charge in [-0.05, 0) is 30.8 Å². The lowest BCUT2D eigenvalue weighted by atomic mass is 9.88. The van der Waals surface area contributed by atoms with Crippen LogP contribution in [-0.2, 0) is 0 Å². The van der Waals surface area contributed by atoms with E-state index in [0.717, 1.165) is 18.4 Å². The fourth-order valence-corrected chi connectivity index (χ4v) is 1.84. The van der Waals surface area contributed by atoms with Crippen molar-refractivity contribution in [3.05, 3.63) is 23.3 Å². The molecule has 0 aromatic rings. The van der Waals surface area contributed by atoms with Crippen LogP contribution in [0, 0.1) is 23.2 Å². The van der Waals surface area contributed by atoms with Crippen molar-refractivity contribution in [2.24, 2.45) is 11.8 Å². The molecule has 0 saturated carbocycles. The van der Waals surface area contributed by atoms with Crippen molar-refractivity contribution in [2.45, 2.75) is 33.6 Å². The van der Waals surface area contributed by atoms with Crippen LogP contribution in [0.3, 0.4) is 0 Å². The molecule has 13 heavy (non-hydrogen) atoms. The third-order valence-corrected chi connectivity index (χ3v) is 2.21. The molecule has 1 heteroatoms. The van der Waals surface area contributed by atoms with Crippen molar-refractivity contribution in [3.8, 4) is 6.07 Å². The Morgan fingerprint density at radius 2 is 2.31 bits per heavy atom. The molecule has 0 aromatic carbocycles. The third-order valence-electron chi connectivity index (χ3n) is 2.21. The van der Waals surface area contributed by atoms with Crippen LogP contribution in [-0.4, -0.2) is 0 Å². The normalized spacial score (nSPS) is 22.2. The van der Waals surface area contributed by atoms with Gasteiger partial charge in [0.05, 0.1) is 6.07 Å². The number of nitrogens with zero attached hydrogens (tertiary/aromatic N) is 1. The molecule has 1 unspecified atom stereocenters. The van der Waals surface area contributed by atoms with E-state index >= 15 is 0 Å². The van der Waals surface area contributed by atoms with Gasteiger partial charge in [0, 0.05) is 5.57 Å². The van der Waals surface area contributed by atoms with E-state index in [1.807, 2.05) is 0 Å². The van der Waals surface area contributed by atoms with Crippen LogP contribution in [0.2, 0.25) is 0 Å². The molecule has 0 saturated heterocycles. The van der Waals surface area contributed by atoms with E-state index in [4.69, 9.17) is 5.26 Å². The van der Waals surface area contributed by atoms with Crippen molar-refractivity contribution in [3.63, 3.8) is 0 Å². The van der Waals surface area contributed by atoms with E-state index in [0.29, 0.717) is 11.8 Å². The fourth-order valence-electron chi connectivity index (χ4n) is 1.84. The minimum atomic E-state index is 0.536. The van der Waals surface area contributed by atoms with E-state index in [2.05, 4.69) is 39.0 Å². The quantitative estimate of drug-likeness (QED) is 0.630. The minimum absolute atomic E-state index is 0.536. The molecule has 1 rings (SSSR count). The summed E-state index contributed by atoms with van der Waals surface area (Å²) < 4.78 is 0. The highest BCUT2D eigenvalue weighted by Crippen LogP contribution is 2.26. The van der Waals surface area contributed by atoms with E-state index < -0.39 is 0 Å². The second kappa shape index (κ2) is 4.28. The highest BCUT2D eigenvalue weighted by molar-refractivity contribution is 5.39. The topological polar surface area (TPSA) is 23.8 Å². The van der Waals surface area contributed by atoms with Crippen molar-refractivity contribution in [1.29, 1.82) is 5.26 Å². The molecule has 0 bridgehead atoms. The van der Waals surface area contributed by atoms with E-state index in [-0.39, 0.29) is 0 Å². The summed E-state index contributed by atoms with van der Waals surface area (Å²) in [7, 11) is 0. The lowest BCUT2D eigenvalue weighted by Crippen LogP contribution is -2.03. The molecule has 70 valence electrons. The first kappa shape index (κ1) is 10.1. The van der Waals surface area contributed by atoms with Crippen molar-refractivity contribution >= 4 is 0 Å². The van der Waals surface area contributed by atoms with Crippen LogP contribution in [0.15, 0.2) is 23.3 Å². The van der Waals surface area contributed by atoms with Gasteiger partial charge in [-0.2, -0.15) is 5.26 Å². The monoisotopic (exact) mass is 175 g/mol. The summed E-state index contributed by atoms with van der Waals surface area (Å²) in [6.07, 6.45) is 6.37. The maximum Gasteiger partial charge on any atom is 0.0988 e. The molecule has 0 radical (unpaired) electrons. The predicted molar refractivity (Wildman–Crippen MR) is 55.0 cm³/mol. The van der Waals surface area contributed by atoms with Crippen LogP contribution >= 0.6 is 0 Å². The molecule has 0 fully saturated rings. The predicted octanol–water partition coefficient (Wildman–Crippen LogP) is 3.45. The first-order valence-corrected chi connectivity index (χ1v) is 4.93. The van der Waals surface area contributed by atoms with Gasteiger partial charge in [0.1, 0.15) is 0 Å². The fraction of sp³-hybridized carbons (Fsp3) is 0.583. The van der Waals surface area contributed by atoms with E-state index in [1.165, 1.54) is 5.57 Å². The molecule has 0 amide bonds. The number of hydrogen-bond donors (Lipinski definition) is 0. The van der Waals surface area contributed by atoms with Gasteiger partial charge in [-0.25, -0.2) is 0 Å². The third kappa shape index (κ3) is 3.06. The second-order valence-corrected chi connectivity index (χ2v) is 4.32. The van der Waals surface area contributed by atoms with Crippen LogP contribution < -0.4 is 0 Å². The zero-order chi connectivity index (χ0) is 9.84. The van der Waals surface area contributed by atoms with Gasteiger partial charge in [-0.3, -0.25) is 0 Å². The van der Waals surface area contributed by atoms with Gasteiger partial charge in [0.25, 0.3) is 0 Å². The number of hydrogen-bond acceptors (Lipinski definition) is 1. The lowest BCUT2D eigenvalue weighted by Gasteiger charge is -2.17. The molecular formula is C12H17N. The lowest BCUT2D eigenvalue weighted by molar-refractivity contribution is 0.589. The summed E-state index contributed by atoms with van der Waals surface area (Å²) in [6.45, 7) is 6.61. The van der Waals surface area contributed by atoms with Crippen molar-refractivity contribution in [2.75, 3.05) is 0 Å². The highest BCUT2D eigenvalue weighted by Gasteiger charge is 2.11. The molecule has 1 aliphatic rings. The summed E-state index contributed by atoms with van der Waals surface area (Å²) in [5, 5.41) is 8.80. The van der Waals surface area contributed by atoms with Crippen LogP contribution in [0.4, 0.5) is 0 Å². The number of nitriles is 1. The Morgan fingerprint density at radius 3 is 2.85 bits per heavy atom. The minimum Gasteiger partial charge on any atom is -0.192 e. The van der Waals surface area contributed by atoms with Crippen LogP contribution in [0.1, 0.15) is 33.6 Å². The summed E-state index contributed by atoms with van der Waals surface area (Å²) in [5.41, 5.74) is 2.27. The molecule has 1 atom stereocenters. The average Bonchev–Trinajstić information content (AvgIpc) is 2.01. The molecule has 0 aliphatic heterocycles. The average molecular weight is 175 g/mol. The first-order valence-electron chi connectivity index (χ1n) is 4.93. The van der Waals surface area contributed by atoms with Gasteiger partial charge < -0.3 is 0 Å². The molecular weight excluding hydrogens is 158 g/mol. The van der Waals surface area contributed by atoms with Gasteiger partial charge >= 0.3 is 0 Å². The maximum absolute atomic E-state index is 8.80. The smallest absolute Gasteiger partial charge is 0.0988 e. The van der Waals surface area contributed by atoms with Crippen molar-refractivity contribution in [1.82, 2.24) is 0 Å². The Bertz CT molecular complexity index is 276. The second-order valence-electron chi connectivity index (χ2n) is 4.32. The molecule has 0 N–H and O–H groups in total. The van der Waals surface area contributed by atoms with Gasteiger partial charge in [0.15, 0.2) is 0 Å². The molecule has 1 nitrogen and oxygen atoms in total. The Balaban J connectivity index is 2.72. The molecule has 0 aromatic heterocycles. The molecule has 0 heterocycles. The van der Waals surface area contributed by atoms with Gasteiger partial charge in [0.2, 0.25) is 0 Å². The molecule has 1 aliphatic carbocycles. The maximum atomic E-state index is 8.80. The van der Waals surface area contributed by atoms with Gasteiger partial charge in [-0.1, -0.05) is 32.4 Å². The number of rotatable bonds is 2. The van der Waals surface area contributed by atoms with Gasteiger partial charge in [-0.15, -0.1) is 0 Å². The van der Waals surface area contributed by atoms with Crippen LogP contribution in [0.5, 0.6) is 0 Å². The standard InChI is InChI=1S/C12H17N/c1-9(2)4-11-5-10(3)6-12(7-11)8-13/h6-7,9-10H,4-5H2,1-3H3. The Labute approximate surface area is 80.8 Å². The van der Waals surface area contributed by atoms with E-state index in [9.17, 15) is 0 Å². The Kier molecular flexibility index (Phi) is 3.31. The summed E-state index contributed by atoms with van der Waals surface area (Å²) >= 11 is 0. The zero-order valence-corrected chi connectivity index (χ0v) is 8.67.